The fourth-order valence-electron chi connectivity index (χ4n) is 2.45. The van der Waals surface area contributed by atoms with E-state index in [-0.39, 0.29) is 28.5 Å². The highest BCUT2D eigenvalue weighted by Crippen LogP contribution is 2.51. The van der Waals surface area contributed by atoms with E-state index >= 15 is 0 Å². The Morgan fingerprint density at radius 2 is 2.11 bits per heavy atom. The van der Waals surface area contributed by atoms with Crippen LogP contribution in [0.3, 0.4) is 0 Å². The first-order valence-corrected chi connectivity index (χ1v) is 9.58. The van der Waals surface area contributed by atoms with E-state index in [4.69, 9.17) is 9.29 Å². The van der Waals surface area contributed by atoms with Gasteiger partial charge in [-0.2, -0.15) is 0 Å². The van der Waals surface area contributed by atoms with Crippen LogP contribution in [0.2, 0.25) is 0 Å². The molecule has 2 N–H and O–H groups in total. The third-order valence-corrected chi connectivity index (χ3v) is 5.05. The summed E-state index contributed by atoms with van der Waals surface area (Å²) >= 11 is 0.722. The van der Waals surface area contributed by atoms with Gasteiger partial charge in [0, 0.05) is 12.1 Å². The van der Waals surface area contributed by atoms with Crippen LogP contribution >= 0.6 is 12.0 Å². The van der Waals surface area contributed by atoms with E-state index in [9.17, 15) is 14.4 Å². The molecular weight excluding hydrogens is 368 g/mol. The number of rotatable bonds is 9. The molecule has 1 aliphatic rings. The minimum Gasteiger partial charge on any atom is -0.478 e. The zero-order valence-electron chi connectivity index (χ0n) is 15.7. The molecule has 7 nitrogen and oxygen atoms in total. The Kier molecular flexibility index (Phi) is 7.01. The summed E-state index contributed by atoms with van der Waals surface area (Å²) in [5, 5.41) is 11.9. The number of aromatic carboxylic acids is 1. The molecular formula is C19H24N2O5S. The predicted molar refractivity (Wildman–Crippen MR) is 101 cm³/mol. The molecule has 146 valence electrons. The molecule has 1 amide bonds. The smallest absolute Gasteiger partial charge is 0.366 e. The lowest BCUT2D eigenvalue weighted by Gasteiger charge is -2.10. The monoisotopic (exact) mass is 392 g/mol. The Labute approximate surface area is 162 Å². The minimum atomic E-state index is -1.08. The first-order chi connectivity index (χ1) is 12.7. The summed E-state index contributed by atoms with van der Waals surface area (Å²) < 4.78 is 5.16. The largest absolute Gasteiger partial charge is 0.478 e. The maximum atomic E-state index is 12.4. The molecule has 1 atom stereocenters. The lowest BCUT2D eigenvalue weighted by Crippen LogP contribution is -2.30. The molecule has 0 bridgehead atoms. The number of unbranched alkanes of at least 4 members (excludes halogenated alkanes) is 2. The van der Waals surface area contributed by atoms with Crippen LogP contribution in [0.4, 0.5) is 0 Å². The number of carbonyl (C=O) groups excluding carboxylic acids is 2. The highest BCUT2D eigenvalue weighted by atomic mass is 32.2. The van der Waals surface area contributed by atoms with E-state index in [1.807, 2.05) is 20.8 Å². The van der Waals surface area contributed by atoms with Crippen LogP contribution in [0.5, 0.6) is 0 Å². The molecule has 1 aliphatic carbocycles. The maximum Gasteiger partial charge on any atom is 0.366 e. The zero-order valence-corrected chi connectivity index (χ0v) is 16.5. The molecule has 0 spiro atoms. The Morgan fingerprint density at radius 1 is 1.41 bits per heavy atom. The normalized spacial score (nSPS) is 17.9. The molecule has 2 rings (SSSR count). The number of carboxylic acids is 1. The average molecular weight is 392 g/mol. The van der Waals surface area contributed by atoms with Crippen LogP contribution in [-0.2, 0) is 13.8 Å². The van der Waals surface area contributed by atoms with E-state index in [0.29, 0.717) is 11.4 Å². The van der Waals surface area contributed by atoms with E-state index < -0.39 is 11.9 Å². The third-order valence-electron chi connectivity index (χ3n) is 4.40. The SMILES string of the molecule is CCCCC=C(NC(=O)C1CC1(C)C)C(=O)OSc1ccc(C(=O)O)cn1. The van der Waals surface area contributed by atoms with Gasteiger partial charge in [-0.15, -0.1) is 0 Å². The van der Waals surface area contributed by atoms with Crippen molar-refractivity contribution < 1.29 is 23.7 Å². The summed E-state index contributed by atoms with van der Waals surface area (Å²) in [6, 6.07) is 2.83. The maximum absolute atomic E-state index is 12.4. The first kappa shape index (κ1) is 21.0. The van der Waals surface area contributed by atoms with E-state index in [1.165, 1.54) is 18.3 Å². The van der Waals surface area contributed by atoms with Gasteiger partial charge in [0.15, 0.2) is 0 Å². The van der Waals surface area contributed by atoms with Crippen molar-refractivity contribution in [1.82, 2.24) is 10.3 Å². The molecule has 1 aromatic heterocycles. The number of nitrogens with one attached hydrogen (secondary N) is 1. The molecule has 1 saturated carbocycles. The van der Waals surface area contributed by atoms with Crippen molar-refractivity contribution >= 4 is 29.9 Å². The van der Waals surface area contributed by atoms with Crippen molar-refractivity contribution in [2.24, 2.45) is 11.3 Å². The van der Waals surface area contributed by atoms with Gasteiger partial charge in [0.2, 0.25) is 5.91 Å². The standard InChI is InChI=1S/C19H24N2O5S/c1-4-5-6-7-14(21-16(22)13-10-19(13,2)3)18(25)26-27-15-9-8-12(11-20-15)17(23)24/h7-9,11,13H,4-6,10H2,1-3H3,(H,21,22)(H,23,24). The van der Waals surface area contributed by atoms with Crippen LogP contribution in [0, 0.1) is 11.3 Å². The highest BCUT2D eigenvalue weighted by Gasteiger charge is 2.50. The highest BCUT2D eigenvalue weighted by molar-refractivity contribution is 7.95. The van der Waals surface area contributed by atoms with E-state index in [1.54, 1.807) is 6.08 Å². The number of carbonyl (C=O) groups is 3. The molecule has 0 aromatic carbocycles. The van der Waals surface area contributed by atoms with Crippen LogP contribution in [0.1, 0.15) is 56.8 Å². The van der Waals surface area contributed by atoms with Gasteiger partial charge in [0.05, 0.1) is 5.56 Å². The number of hydrogen-bond donors (Lipinski definition) is 2. The van der Waals surface area contributed by atoms with Gasteiger partial charge in [-0.25, -0.2) is 14.6 Å². The summed E-state index contributed by atoms with van der Waals surface area (Å²) in [6.45, 7) is 6.07. The number of allylic oxidation sites excluding steroid dienone is 1. The number of carboxylic acid groups (broad SMARTS) is 1. The Morgan fingerprint density at radius 3 is 2.63 bits per heavy atom. The molecule has 27 heavy (non-hydrogen) atoms. The van der Waals surface area contributed by atoms with Crippen LogP contribution in [0.25, 0.3) is 0 Å². The van der Waals surface area contributed by atoms with Crippen LogP contribution < -0.4 is 5.32 Å². The van der Waals surface area contributed by atoms with Crippen molar-refractivity contribution in [1.29, 1.82) is 0 Å². The molecule has 1 unspecified atom stereocenters. The van der Waals surface area contributed by atoms with Crippen molar-refractivity contribution in [3.63, 3.8) is 0 Å². The molecule has 1 heterocycles. The first-order valence-electron chi connectivity index (χ1n) is 8.84. The Hall–Kier alpha value is -2.35. The number of aromatic nitrogens is 1. The van der Waals surface area contributed by atoms with Gasteiger partial charge in [0.25, 0.3) is 0 Å². The second-order valence-electron chi connectivity index (χ2n) is 7.14. The average Bonchev–Trinajstić information content (AvgIpc) is 3.27. The number of pyridine rings is 1. The minimum absolute atomic E-state index is 0.0346. The molecule has 0 aliphatic heterocycles. The second kappa shape index (κ2) is 9.03. The van der Waals surface area contributed by atoms with Gasteiger partial charge in [0.1, 0.15) is 22.8 Å². The number of amides is 1. The van der Waals surface area contributed by atoms with Gasteiger partial charge in [-0.05, 0) is 36.8 Å². The number of hydrogen-bond acceptors (Lipinski definition) is 6. The van der Waals surface area contributed by atoms with E-state index in [0.717, 1.165) is 31.3 Å². The summed E-state index contributed by atoms with van der Waals surface area (Å²) in [6.07, 6.45) is 6.19. The van der Waals surface area contributed by atoms with Gasteiger partial charge in [-0.3, -0.25) is 4.79 Å². The topological polar surface area (TPSA) is 106 Å². The fourth-order valence-corrected chi connectivity index (χ4v) is 2.92. The zero-order chi connectivity index (χ0) is 20.0. The fraction of sp³-hybridized carbons (Fsp3) is 0.474. The van der Waals surface area contributed by atoms with Crippen LogP contribution in [0.15, 0.2) is 35.1 Å². The molecule has 1 fully saturated rings. The molecule has 8 heteroatoms. The van der Waals surface area contributed by atoms with Crippen molar-refractivity contribution in [3.8, 4) is 0 Å². The van der Waals surface area contributed by atoms with Gasteiger partial charge < -0.3 is 14.6 Å². The summed E-state index contributed by atoms with van der Waals surface area (Å²) in [7, 11) is 0. The molecule has 1 aromatic rings. The predicted octanol–water partition coefficient (Wildman–Crippen LogP) is 3.57. The lowest BCUT2D eigenvalue weighted by molar-refractivity contribution is -0.131. The molecule has 0 radical (unpaired) electrons. The van der Waals surface area contributed by atoms with Crippen molar-refractivity contribution in [2.45, 2.75) is 51.5 Å². The van der Waals surface area contributed by atoms with E-state index in [2.05, 4.69) is 10.3 Å². The van der Waals surface area contributed by atoms with Gasteiger partial charge >= 0.3 is 11.9 Å². The second-order valence-corrected chi connectivity index (χ2v) is 7.89. The van der Waals surface area contributed by atoms with Gasteiger partial charge in [-0.1, -0.05) is 33.3 Å². The van der Waals surface area contributed by atoms with Crippen molar-refractivity contribution in [3.05, 3.63) is 35.7 Å². The molecule has 0 saturated heterocycles. The lowest BCUT2D eigenvalue weighted by atomic mass is 10.1. The van der Waals surface area contributed by atoms with Crippen molar-refractivity contribution in [2.75, 3.05) is 0 Å². The summed E-state index contributed by atoms with van der Waals surface area (Å²) in [5.74, 6) is -2.01. The third kappa shape index (κ3) is 6.09. The quantitative estimate of drug-likeness (QED) is 0.376. The summed E-state index contributed by atoms with van der Waals surface area (Å²) in [5.41, 5.74) is 0.142. The Bertz CT molecular complexity index is 743. The number of nitrogens with zero attached hydrogens (tertiary/aromatic N) is 1. The van der Waals surface area contributed by atoms with Crippen LogP contribution in [-0.4, -0.2) is 27.9 Å². The Balaban J connectivity index is 1.97. The summed E-state index contributed by atoms with van der Waals surface area (Å²) in [4.78, 5) is 39.4.